The predicted molar refractivity (Wildman–Crippen MR) is 142 cm³/mol. The third-order valence-corrected chi connectivity index (χ3v) is 6.25. The fraction of sp³-hybridized carbons (Fsp3) is 0.111. The van der Waals surface area contributed by atoms with Gasteiger partial charge in [0.05, 0.1) is 17.9 Å². The smallest absolute Gasteiger partial charge is 0.338 e. The van der Waals surface area contributed by atoms with Gasteiger partial charge >= 0.3 is 5.97 Å². The molecule has 3 aromatic rings. The summed E-state index contributed by atoms with van der Waals surface area (Å²) in [5, 5.41) is 5.86. The highest BCUT2D eigenvalue weighted by molar-refractivity contribution is 6.53. The number of halogens is 2. The summed E-state index contributed by atoms with van der Waals surface area (Å²) in [7, 11) is 0. The van der Waals surface area contributed by atoms with Gasteiger partial charge in [-0.3, -0.25) is 14.4 Å². The highest BCUT2D eigenvalue weighted by Crippen LogP contribution is 2.31. The second-order valence-corrected chi connectivity index (χ2v) is 8.81. The van der Waals surface area contributed by atoms with Crippen LogP contribution in [0.5, 0.6) is 0 Å². The number of carbonyl (C=O) groups is 4. The summed E-state index contributed by atoms with van der Waals surface area (Å²) in [6, 6.07) is 17.5. The lowest BCUT2D eigenvalue weighted by molar-refractivity contribution is -0.120. The number of benzene rings is 3. The molecule has 10 heteroatoms. The van der Waals surface area contributed by atoms with Crippen LogP contribution in [-0.4, -0.2) is 30.3 Å². The van der Waals surface area contributed by atoms with Crippen LogP contribution in [0.4, 0.5) is 17.1 Å². The minimum atomic E-state index is -0.733. The molecule has 0 atom stereocenters. The van der Waals surface area contributed by atoms with Gasteiger partial charge in [-0.1, -0.05) is 35.3 Å². The van der Waals surface area contributed by atoms with Crippen LogP contribution in [0.1, 0.15) is 33.2 Å². The van der Waals surface area contributed by atoms with Gasteiger partial charge in [0.1, 0.15) is 10.7 Å². The summed E-state index contributed by atoms with van der Waals surface area (Å²) >= 11 is 12.3. The van der Waals surface area contributed by atoms with Crippen molar-refractivity contribution in [3.63, 3.8) is 0 Å². The largest absolute Gasteiger partial charge is 0.462 e. The average molecular weight is 538 g/mol. The normalized spacial score (nSPS) is 13.1. The molecule has 1 heterocycles. The lowest BCUT2D eigenvalue weighted by Crippen LogP contribution is -2.32. The molecule has 0 spiro atoms. The van der Waals surface area contributed by atoms with Crippen LogP contribution in [0.25, 0.3) is 0 Å². The number of aryl methyl sites for hydroxylation is 1. The third-order valence-electron chi connectivity index (χ3n) is 5.49. The standard InChI is InChI=1S/C27H21Cl2N3O5/c1-3-37-27(36)17-5-4-6-20(13-17)32-25(34)22(29)23(26(32)35)30-18-11-8-16(9-12-18)24(33)31-19-10-7-15(2)21(28)14-19/h4-14,30H,3H2,1-2H3,(H,31,33). The molecule has 0 saturated heterocycles. The lowest BCUT2D eigenvalue weighted by atomic mass is 10.1. The molecule has 4 rings (SSSR count). The van der Waals surface area contributed by atoms with Crippen molar-refractivity contribution in [3.8, 4) is 0 Å². The third kappa shape index (κ3) is 5.50. The summed E-state index contributed by atoms with van der Waals surface area (Å²) in [5.41, 5.74) is 2.51. The van der Waals surface area contributed by atoms with Crippen LogP contribution in [0.3, 0.4) is 0 Å². The Balaban J connectivity index is 1.48. The first kappa shape index (κ1) is 25.9. The van der Waals surface area contributed by atoms with E-state index in [1.54, 1.807) is 49.4 Å². The second kappa shape index (κ2) is 10.9. The Morgan fingerprint density at radius 1 is 0.892 bits per heavy atom. The van der Waals surface area contributed by atoms with E-state index in [1.165, 1.54) is 24.3 Å². The molecule has 8 nitrogen and oxygen atoms in total. The van der Waals surface area contributed by atoms with Gasteiger partial charge in [0, 0.05) is 22.0 Å². The van der Waals surface area contributed by atoms with Gasteiger partial charge in [-0.05, 0) is 74.0 Å². The highest BCUT2D eigenvalue weighted by atomic mass is 35.5. The van der Waals surface area contributed by atoms with E-state index in [9.17, 15) is 19.2 Å². The van der Waals surface area contributed by atoms with Crippen LogP contribution in [0, 0.1) is 6.92 Å². The number of esters is 1. The summed E-state index contributed by atoms with van der Waals surface area (Å²) < 4.78 is 4.98. The minimum Gasteiger partial charge on any atom is -0.462 e. The maximum absolute atomic E-state index is 13.1. The number of hydrogen-bond donors (Lipinski definition) is 2. The van der Waals surface area contributed by atoms with Gasteiger partial charge in [-0.2, -0.15) is 0 Å². The Kier molecular flexibility index (Phi) is 7.61. The maximum atomic E-state index is 13.1. The van der Waals surface area contributed by atoms with E-state index in [0.29, 0.717) is 22.0 Å². The highest BCUT2D eigenvalue weighted by Gasteiger charge is 2.39. The van der Waals surface area contributed by atoms with Crippen LogP contribution in [-0.2, 0) is 14.3 Å². The molecular weight excluding hydrogens is 517 g/mol. The first-order chi connectivity index (χ1) is 17.7. The lowest BCUT2D eigenvalue weighted by Gasteiger charge is -2.16. The first-order valence-corrected chi connectivity index (χ1v) is 12.0. The van der Waals surface area contributed by atoms with Crippen molar-refractivity contribution >= 4 is 64.0 Å². The summed E-state index contributed by atoms with van der Waals surface area (Å²) in [5.74, 6) is -2.34. The number of nitrogens with zero attached hydrogens (tertiary/aromatic N) is 1. The zero-order valence-electron chi connectivity index (χ0n) is 19.8. The molecule has 1 aliphatic heterocycles. The number of anilines is 3. The van der Waals surface area contributed by atoms with Crippen molar-refractivity contribution in [2.24, 2.45) is 0 Å². The van der Waals surface area contributed by atoms with E-state index in [4.69, 9.17) is 27.9 Å². The molecule has 0 fully saturated rings. The van der Waals surface area contributed by atoms with Crippen molar-refractivity contribution in [1.82, 2.24) is 0 Å². The summed E-state index contributed by atoms with van der Waals surface area (Å²) in [6.07, 6.45) is 0. The molecule has 0 aromatic heterocycles. The SMILES string of the molecule is CCOC(=O)c1cccc(N2C(=O)C(Cl)=C(Nc3ccc(C(=O)Nc4ccc(C)c(Cl)c4)cc3)C2=O)c1. The molecule has 3 aromatic carbocycles. The molecule has 0 bridgehead atoms. The number of carbonyl (C=O) groups excluding carboxylic acids is 4. The van der Waals surface area contributed by atoms with E-state index in [2.05, 4.69) is 10.6 Å². The van der Waals surface area contributed by atoms with Gasteiger partial charge < -0.3 is 15.4 Å². The van der Waals surface area contributed by atoms with E-state index >= 15 is 0 Å². The summed E-state index contributed by atoms with van der Waals surface area (Å²) in [6.45, 7) is 3.73. The average Bonchev–Trinajstić information content (AvgIpc) is 3.09. The fourth-order valence-electron chi connectivity index (χ4n) is 3.56. The molecule has 0 unspecified atom stereocenters. The number of ether oxygens (including phenoxy) is 1. The Labute approximate surface area is 222 Å². The van der Waals surface area contributed by atoms with Gasteiger partial charge in [-0.25, -0.2) is 9.69 Å². The Hall–Kier alpha value is -4.14. The van der Waals surface area contributed by atoms with E-state index < -0.39 is 17.8 Å². The molecule has 3 amide bonds. The molecule has 1 aliphatic rings. The van der Waals surface area contributed by atoms with E-state index in [1.807, 2.05) is 6.92 Å². The topological polar surface area (TPSA) is 105 Å². The van der Waals surface area contributed by atoms with Crippen molar-refractivity contribution in [2.75, 3.05) is 22.1 Å². The van der Waals surface area contributed by atoms with Gasteiger partial charge in [0.25, 0.3) is 17.7 Å². The number of rotatable bonds is 7. The molecule has 2 N–H and O–H groups in total. The Bertz CT molecular complexity index is 1450. The molecule has 37 heavy (non-hydrogen) atoms. The monoisotopic (exact) mass is 537 g/mol. The van der Waals surface area contributed by atoms with E-state index in [0.717, 1.165) is 10.5 Å². The molecule has 188 valence electrons. The Morgan fingerprint density at radius 2 is 1.59 bits per heavy atom. The fourth-order valence-corrected chi connectivity index (χ4v) is 3.95. The van der Waals surface area contributed by atoms with Crippen molar-refractivity contribution in [2.45, 2.75) is 13.8 Å². The maximum Gasteiger partial charge on any atom is 0.338 e. The van der Waals surface area contributed by atoms with Crippen LogP contribution in [0.2, 0.25) is 5.02 Å². The first-order valence-electron chi connectivity index (χ1n) is 11.2. The minimum absolute atomic E-state index is 0.125. The molecule has 0 saturated carbocycles. The zero-order valence-corrected chi connectivity index (χ0v) is 21.3. The van der Waals surface area contributed by atoms with Gasteiger partial charge in [0.15, 0.2) is 0 Å². The number of amides is 3. The van der Waals surface area contributed by atoms with Crippen LogP contribution < -0.4 is 15.5 Å². The number of hydrogen-bond acceptors (Lipinski definition) is 6. The van der Waals surface area contributed by atoms with Gasteiger partial charge in [0.2, 0.25) is 0 Å². The molecule has 0 aliphatic carbocycles. The van der Waals surface area contributed by atoms with Gasteiger partial charge in [-0.15, -0.1) is 0 Å². The van der Waals surface area contributed by atoms with Crippen molar-refractivity contribution in [3.05, 3.63) is 99.2 Å². The zero-order chi connectivity index (χ0) is 26.7. The van der Waals surface area contributed by atoms with E-state index in [-0.39, 0.29) is 34.5 Å². The summed E-state index contributed by atoms with van der Waals surface area (Å²) in [4.78, 5) is 51.4. The molecule has 0 radical (unpaired) electrons. The Morgan fingerprint density at radius 3 is 2.27 bits per heavy atom. The quantitative estimate of drug-likeness (QED) is 0.304. The second-order valence-electron chi connectivity index (χ2n) is 8.03. The molecular formula is C27H21Cl2N3O5. The predicted octanol–water partition coefficient (Wildman–Crippen LogP) is 5.51. The van der Waals surface area contributed by atoms with Crippen LogP contribution >= 0.6 is 23.2 Å². The van der Waals surface area contributed by atoms with Crippen LogP contribution in [0.15, 0.2) is 77.5 Å². The van der Waals surface area contributed by atoms with Crippen molar-refractivity contribution < 1.29 is 23.9 Å². The van der Waals surface area contributed by atoms with Crippen molar-refractivity contribution in [1.29, 1.82) is 0 Å². The number of nitrogens with one attached hydrogen (secondary N) is 2. The number of imide groups is 1.